The maximum atomic E-state index is 13.8. The number of primary amides is 1. The van der Waals surface area contributed by atoms with Crippen LogP contribution in [0.1, 0.15) is 12.0 Å². The summed E-state index contributed by atoms with van der Waals surface area (Å²) in [6.45, 7) is 0. The zero-order valence-corrected chi connectivity index (χ0v) is 8.26. The summed E-state index contributed by atoms with van der Waals surface area (Å²) >= 11 is 0. The van der Waals surface area contributed by atoms with Gasteiger partial charge in [-0.05, 0) is 5.56 Å². The highest BCUT2D eigenvalue weighted by Crippen LogP contribution is 2.55. The predicted molar refractivity (Wildman–Crippen MR) is 53.8 cm³/mol. The molecule has 14 heavy (non-hydrogen) atoms. The van der Waals surface area contributed by atoms with E-state index in [-0.39, 0.29) is 18.8 Å². The van der Waals surface area contributed by atoms with E-state index in [4.69, 9.17) is 5.73 Å². The van der Waals surface area contributed by atoms with E-state index < -0.39 is 17.5 Å². The van der Waals surface area contributed by atoms with Crippen LogP contribution in [0.4, 0.5) is 4.39 Å². The smallest absolute Gasteiger partial charge is 0.224 e. The Hall–Kier alpha value is -1.09. The van der Waals surface area contributed by atoms with Gasteiger partial charge in [-0.2, -0.15) is 0 Å². The maximum Gasteiger partial charge on any atom is 0.224 e. The number of hydrogen-bond donors (Lipinski definition) is 1. The highest BCUT2D eigenvalue weighted by molar-refractivity contribution is 5.85. The van der Waals surface area contributed by atoms with Crippen molar-refractivity contribution in [1.29, 1.82) is 0 Å². The van der Waals surface area contributed by atoms with Crippen molar-refractivity contribution in [3.63, 3.8) is 0 Å². The first-order valence-corrected chi connectivity index (χ1v) is 4.18. The lowest BCUT2D eigenvalue weighted by atomic mass is 10.1. The van der Waals surface area contributed by atoms with Crippen LogP contribution in [-0.2, 0) is 10.5 Å². The Kier molecular flexibility index (Phi) is 2.81. The van der Waals surface area contributed by atoms with E-state index >= 15 is 0 Å². The monoisotopic (exact) mass is 215 g/mol. The molecule has 0 spiro atoms. The molecule has 2 rings (SSSR count). The topological polar surface area (TPSA) is 43.1 Å². The van der Waals surface area contributed by atoms with E-state index in [1.54, 1.807) is 24.3 Å². The third-order valence-electron chi connectivity index (χ3n) is 2.49. The van der Waals surface area contributed by atoms with Gasteiger partial charge in [0, 0.05) is 6.42 Å². The number of carbonyl (C=O) groups excluding carboxylic acids is 1. The number of alkyl halides is 1. The molecule has 0 aliphatic heterocycles. The van der Waals surface area contributed by atoms with Crippen molar-refractivity contribution >= 4 is 18.3 Å². The second-order valence-corrected chi connectivity index (χ2v) is 3.39. The zero-order chi connectivity index (χ0) is 9.47. The van der Waals surface area contributed by atoms with Crippen molar-refractivity contribution in [3.8, 4) is 0 Å². The van der Waals surface area contributed by atoms with Gasteiger partial charge in [0.1, 0.15) is 5.67 Å². The largest absolute Gasteiger partial charge is 0.369 e. The molecule has 0 saturated heterocycles. The Morgan fingerprint density at radius 1 is 1.43 bits per heavy atom. The van der Waals surface area contributed by atoms with E-state index in [9.17, 15) is 9.18 Å². The van der Waals surface area contributed by atoms with Gasteiger partial charge in [-0.1, -0.05) is 30.3 Å². The van der Waals surface area contributed by atoms with Crippen molar-refractivity contribution in [3.05, 3.63) is 35.9 Å². The Balaban J connectivity index is 0.000000980. The molecule has 1 aliphatic carbocycles. The number of benzene rings is 1. The highest BCUT2D eigenvalue weighted by atomic mass is 35.5. The average Bonchev–Trinajstić information content (AvgIpc) is 2.82. The summed E-state index contributed by atoms with van der Waals surface area (Å²) in [6.07, 6.45) is 0.229. The molecule has 0 aromatic heterocycles. The lowest BCUT2D eigenvalue weighted by Gasteiger charge is -2.05. The molecule has 2 N–H and O–H groups in total. The first-order valence-electron chi connectivity index (χ1n) is 4.18. The Labute approximate surface area is 87.7 Å². The number of amides is 1. The maximum absolute atomic E-state index is 13.8. The van der Waals surface area contributed by atoms with Crippen LogP contribution < -0.4 is 5.73 Å². The van der Waals surface area contributed by atoms with Gasteiger partial charge in [-0.15, -0.1) is 12.4 Å². The van der Waals surface area contributed by atoms with Gasteiger partial charge in [0.05, 0.1) is 5.92 Å². The number of rotatable bonds is 2. The standard InChI is InChI=1S/C10H10FNO.ClH/c11-10(6-8(10)9(12)13)7-4-2-1-3-5-7;/h1-5,8H,6H2,(H2,12,13);1H/t8-,10+;/m1./s1. The molecule has 1 amide bonds. The third-order valence-corrected chi connectivity index (χ3v) is 2.49. The van der Waals surface area contributed by atoms with E-state index in [1.165, 1.54) is 0 Å². The zero-order valence-electron chi connectivity index (χ0n) is 7.44. The quantitative estimate of drug-likeness (QED) is 0.803. The third kappa shape index (κ3) is 1.60. The van der Waals surface area contributed by atoms with E-state index in [2.05, 4.69) is 0 Å². The predicted octanol–water partition coefficient (Wildman–Crippen LogP) is 1.78. The fourth-order valence-electron chi connectivity index (χ4n) is 1.60. The SMILES string of the molecule is Cl.NC(=O)[C@H]1C[C@]1(F)c1ccccc1. The fourth-order valence-corrected chi connectivity index (χ4v) is 1.60. The molecule has 2 nitrogen and oxygen atoms in total. The normalized spacial score (nSPS) is 29.1. The van der Waals surface area contributed by atoms with Crippen LogP contribution in [0.15, 0.2) is 30.3 Å². The average molecular weight is 216 g/mol. The second kappa shape index (κ2) is 3.58. The summed E-state index contributed by atoms with van der Waals surface area (Å²) in [5.74, 6) is -1.18. The molecular formula is C10H11ClFNO. The molecule has 0 heterocycles. The molecule has 0 bridgehead atoms. The summed E-state index contributed by atoms with van der Waals surface area (Å²) < 4.78 is 13.8. The summed E-state index contributed by atoms with van der Waals surface area (Å²) in [4.78, 5) is 10.7. The van der Waals surface area contributed by atoms with Crippen LogP contribution in [0.3, 0.4) is 0 Å². The Morgan fingerprint density at radius 3 is 2.43 bits per heavy atom. The summed E-state index contributed by atoms with van der Waals surface area (Å²) in [6, 6.07) is 8.69. The van der Waals surface area contributed by atoms with Gasteiger partial charge >= 0.3 is 0 Å². The fraction of sp³-hybridized carbons (Fsp3) is 0.300. The number of carbonyl (C=O) groups is 1. The molecule has 1 saturated carbocycles. The van der Waals surface area contributed by atoms with E-state index in [0.29, 0.717) is 5.56 Å². The van der Waals surface area contributed by atoms with Gasteiger partial charge < -0.3 is 5.73 Å². The van der Waals surface area contributed by atoms with Crippen LogP contribution >= 0.6 is 12.4 Å². The number of hydrogen-bond acceptors (Lipinski definition) is 1. The molecule has 0 unspecified atom stereocenters. The lowest BCUT2D eigenvalue weighted by Crippen LogP contribution is -2.18. The molecule has 0 radical (unpaired) electrons. The van der Waals surface area contributed by atoms with Crippen LogP contribution in [-0.4, -0.2) is 5.91 Å². The van der Waals surface area contributed by atoms with Gasteiger partial charge in [-0.25, -0.2) is 4.39 Å². The molecular weight excluding hydrogens is 205 g/mol. The molecule has 1 aromatic carbocycles. The molecule has 1 aliphatic rings. The molecule has 4 heteroatoms. The van der Waals surface area contributed by atoms with E-state index in [0.717, 1.165) is 0 Å². The van der Waals surface area contributed by atoms with Gasteiger partial charge in [0.25, 0.3) is 0 Å². The molecule has 1 fully saturated rings. The summed E-state index contributed by atoms with van der Waals surface area (Å²) in [7, 11) is 0. The second-order valence-electron chi connectivity index (χ2n) is 3.39. The first kappa shape index (κ1) is 11.0. The Morgan fingerprint density at radius 2 is 2.00 bits per heavy atom. The van der Waals surface area contributed by atoms with Gasteiger partial charge in [0.15, 0.2) is 0 Å². The van der Waals surface area contributed by atoms with E-state index in [1.807, 2.05) is 6.07 Å². The summed E-state index contributed by atoms with van der Waals surface area (Å²) in [5, 5.41) is 0. The minimum atomic E-state index is -1.49. The van der Waals surface area contributed by atoms with Crippen molar-refractivity contribution in [2.45, 2.75) is 12.1 Å². The minimum Gasteiger partial charge on any atom is -0.369 e. The summed E-state index contributed by atoms with van der Waals surface area (Å²) in [5.41, 5.74) is 4.09. The van der Waals surface area contributed by atoms with Gasteiger partial charge in [-0.3, -0.25) is 4.79 Å². The number of nitrogens with two attached hydrogens (primary N) is 1. The van der Waals surface area contributed by atoms with Crippen LogP contribution in [0.5, 0.6) is 0 Å². The number of halogens is 2. The Bertz CT molecular complexity index is 343. The van der Waals surface area contributed by atoms with Crippen LogP contribution in [0, 0.1) is 5.92 Å². The van der Waals surface area contributed by atoms with Crippen molar-refractivity contribution in [2.75, 3.05) is 0 Å². The van der Waals surface area contributed by atoms with Crippen LogP contribution in [0.2, 0.25) is 0 Å². The van der Waals surface area contributed by atoms with Crippen molar-refractivity contribution in [1.82, 2.24) is 0 Å². The van der Waals surface area contributed by atoms with Gasteiger partial charge in [0.2, 0.25) is 5.91 Å². The van der Waals surface area contributed by atoms with Crippen molar-refractivity contribution in [2.24, 2.45) is 11.7 Å². The molecule has 2 atom stereocenters. The molecule has 1 aromatic rings. The highest BCUT2D eigenvalue weighted by Gasteiger charge is 2.60. The lowest BCUT2D eigenvalue weighted by molar-refractivity contribution is -0.120. The first-order chi connectivity index (χ1) is 6.14. The molecule has 76 valence electrons. The van der Waals surface area contributed by atoms with Crippen molar-refractivity contribution < 1.29 is 9.18 Å². The van der Waals surface area contributed by atoms with Crippen LogP contribution in [0.25, 0.3) is 0 Å². The minimum absolute atomic E-state index is 0.